The molecule has 0 radical (unpaired) electrons. The highest BCUT2D eigenvalue weighted by atomic mass is 35.5. The van der Waals surface area contributed by atoms with Crippen molar-refractivity contribution in [3.8, 4) is 0 Å². The fourth-order valence-electron chi connectivity index (χ4n) is 1.66. The number of anilines is 1. The maximum atomic E-state index is 5.87. The van der Waals surface area contributed by atoms with E-state index in [-0.39, 0.29) is 0 Å². The molecule has 1 aromatic carbocycles. The highest BCUT2D eigenvalue weighted by molar-refractivity contribution is 6.31. The van der Waals surface area contributed by atoms with Crippen molar-refractivity contribution in [3.63, 3.8) is 0 Å². The number of rotatable bonds is 1. The molecule has 76 valence electrons. The summed E-state index contributed by atoms with van der Waals surface area (Å²) in [5.74, 6) is 0. The molecule has 2 aromatic rings. The van der Waals surface area contributed by atoms with Gasteiger partial charge in [0.15, 0.2) is 5.58 Å². The minimum Gasteiger partial charge on any atom is -0.423 e. The van der Waals surface area contributed by atoms with Crippen molar-refractivity contribution in [1.29, 1.82) is 0 Å². The van der Waals surface area contributed by atoms with Gasteiger partial charge in [0.25, 0.3) is 6.01 Å². The quantitative estimate of drug-likeness (QED) is 0.692. The van der Waals surface area contributed by atoms with Crippen LogP contribution in [-0.4, -0.2) is 18.1 Å². The van der Waals surface area contributed by atoms with Gasteiger partial charge >= 0.3 is 0 Å². The molecular formula is C11H9ClN2O. The van der Waals surface area contributed by atoms with Crippen molar-refractivity contribution in [2.45, 2.75) is 0 Å². The van der Waals surface area contributed by atoms with Crippen LogP contribution in [-0.2, 0) is 0 Å². The number of hydrogen-bond acceptors (Lipinski definition) is 3. The van der Waals surface area contributed by atoms with Gasteiger partial charge in [0.05, 0.1) is 0 Å². The highest BCUT2D eigenvalue weighted by Crippen LogP contribution is 2.25. The number of aromatic nitrogens is 1. The largest absolute Gasteiger partial charge is 0.423 e. The summed E-state index contributed by atoms with van der Waals surface area (Å²) in [7, 11) is 0. The van der Waals surface area contributed by atoms with Gasteiger partial charge < -0.3 is 9.32 Å². The minimum absolute atomic E-state index is 0.664. The van der Waals surface area contributed by atoms with Crippen LogP contribution in [0.25, 0.3) is 11.1 Å². The van der Waals surface area contributed by atoms with Crippen LogP contribution in [0.2, 0.25) is 5.02 Å². The normalized spacial score (nSPS) is 15.4. The number of hydrogen-bond donors (Lipinski definition) is 0. The molecule has 3 nitrogen and oxygen atoms in total. The summed E-state index contributed by atoms with van der Waals surface area (Å²) in [5.41, 5.74) is 1.59. The number of benzene rings is 1. The Kier molecular flexibility index (Phi) is 1.92. The van der Waals surface area contributed by atoms with E-state index < -0.39 is 0 Å². The van der Waals surface area contributed by atoms with Crippen LogP contribution in [0.1, 0.15) is 0 Å². The van der Waals surface area contributed by atoms with Crippen LogP contribution in [0.3, 0.4) is 0 Å². The molecule has 0 saturated heterocycles. The maximum Gasteiger partial charge on any atom is 0.298 e. The minimum atomic E-state index is 0.664. The van der Waals surface area contributed by atoms with Crippen molar-refractivity contribution in [2.75, 3.05) is 18.0 Å². The monoisotopic (exact) mass is 220 g/mol. The van der Waals surface area contributed by atoms with Gasteiger partial charge in [-0.1, -0.05) is 23.8 Å². The summed E-state index contributed by atoms with van der Waals surface area (Å²) in [6.45, 7) is 1.72. The van der Waals surface area contributed by atoms with Gasteiger partial charge in [-0.25, -0.2) is 0 Å². The summed E-state index contributed by atoms with van der Waals surface area (Å²) in [5, 5.41) is 0.671. The smallest absolute Gasteiger partial charge is 0.298 e. The lowest BCUT2D eigenvalue weighted by Gasteiger charge is -2.10. The van der Waals surface area contributed by atoms with Gasteiger partial charge in [0.1, 0.15) is 5.52 Å². The first-order valence-corrected chi connectivity index (χ1v) is 5.17. The van der Waals surface area contributed by atoms with Gasteiger partial charge in [0, 0.05) is 24.2 Å². The van der Waals surface area contributed by atoms with Crippen LogP contribution < -0.4 is 4.90 Å². The first-order chi connectivity index (χ1) is 7.33. The van der Waals surface area contributed by atoms with Crippen molar-refractivity contribution in [3.05, 3.63) is 35.4 Å². The average molecular weight is 221 g/mol. The number of fused-ring (bicyclic) bond motifs is 1. The SMILES string of the molecule is Clc1ccc2nc(N3CC=CC3)oc2c1. The molecule has 0 atom stereocenters. The zero-order valence-electron chi connectivity index (χ0n) is 7.98. The fraction of sp³-hybridized carbons (Fsp3) is 0.182. The molecule has 0 saturated carbocycles. The van der Waals surface area contributed by atoms with E-state index in [0.29, 0.717) is 11.0 Å². The lowest BCUT2D eigenvalue weighted by Crippen LogP contribution is -2.18. The topological polar surface area (TPSA) is 29.3 Å². The molecule has 1 aliphatic heterocycles. The van der Waals surface area contributed by atoms with E-state index in [1.54, 1.807) is 6.07 Å². The molecule has 2 heterocycles. The zero-order chi connectivity index (χ0) is 10.3. The van der Waals surface area contributed by atoms with Crippen LogP contribution >= 0.6 is 11.6 Å². The number of nitrogens with zero attached hydrogens (tertiary/aromatic N) is 2. The Hall–Kier alpha value is -1.48. The Morgan fingerprint density at radius 3 is 2.87 bits per heavy atom. The van der Waals surface area contributed by atoms with Crippen LogP contribution in [0.5, 0.6) is 0 Å². The van der Waals surface area contributed by atoms with Crippen LogP contribution in [0.15, 0.2) is 34.8 Å². The lowest BCUT2D eigenvalue weighted by molar-refractivity contribution is 0.588. The van der Waals surface area contributed by atoms with E-state index in [0.717, 1.165) is 24.2 Å². The van der Waals surface area contributed by atoms with Crippen LogP contribution in [0, 0.1) is 0 Å². The molecule has 15 heavy (non-hydrogen) atoms. The summed E-state index contributed by atoms with van der Waals surface area (Å²) in [6.07, 6.45) is 4.20. The molecule has 0 bridgehead atoms. The molecule has 1 aromatic heterocycles. The first kappa shape index (κ1) is 8.80. The maximum absolute atomic E-state index is 5.87. The van der Waals surface area contributed by atoms with E-state index in [9.17, 15) is 0 Å². The number of halogens is 1. The average Bonchev–Trinajstić information content (AvgIpc) is 2.84. The summed E-state index contributed by atoms with van der Waals surface area (Å²) in [6, 6.07) is 6.14. The standard InChI is InChI=1S/C11H9ClN2O/c12-8-3-4-9-10(7-8)15-11(13-9)14-5-1-2-6-14/h1-4,7H,5-6H2. The van der Waals surface area contributed by atoms with Gasteiger partial charge in [0.2, 0.25) is 0 Å². The molecule has 0 amide bonds. The summed E-state index contributed by atoms with van der Waals surface area (Å²) in [4.78, 5) is 6.46. The van der Waals surface area contributed by atoms with E-state index in [1.165, 1.54) is 0 Å². The van der Waals surface area contributed by atoms with Crippen molar-refractivity contribution in [1.82, 2.24) is 4.98 Å². The zero-order valence-corrected chi connectivity index (χ0v) is 8.74. The molecule has 4 heteroatoms. The Morgan fingerprint density at radius 2 is 2.07 bits per heavy atom. The van der Waals surface area contributed by atoms with Crippen molar-refractivity contribution in [2.24, 2.45) is 0 Å². The second-order valence-electron chi connectivity index (χ2n) is 3.48. The van der Waals surface area contributed by atoms with Gasteiger partial charge in [-0.05, 0) is 12.1 Å². The third-order valence-electron chi connectivity index (χ3n) is 2.43. The Balaban J connectivity index is 2.06. The van der Waals surface area contributed by atoms with Gasteiger partial charge in [-0.2, -0.15) is 4.98 Å². The Bertz CT molecular complexity index is 524. The Labute approximate surface area is 92.0 Å². The third-order valence-corrected chi connectivity index (χ3v) is 2.66. The molecule has 1 aliphatic rings. The second kappa shape index (κ2) is 3.28. The highest BCUT2D eigenvalue weighted by Gasteiger charge is 2.14. The predicted octanol–water partition coefficient (Wildman–Crippen LogP) is 2.86. The third kappa shape index (κ3) is 1.49. The molecule has 0 unspecified atom stereocenters. The van der Waals surface area contributed by atoms with E-state index >= 15 is 0 Å². The molecule has 0 fully saturated rings. The van der Waals surface area contributed by atoms with Gasteiger partial charge in [-0.15, -0.1) is 0 Å². The van der Waals surface area contributed by atoms with Crippen LogP contribution in [0.4, 0.5) is 6.01 Å². The molecule has 0 spiro atoms. The Morgan fingerprint density at radius 1 is 1.27 bits per heavy atom. The predicted molar refractivity (Wildman–Crippen MR) is 60.4 cm³/mol. The molecule has 0 aliphatic carbocycles. The van der Waals surface area contributed by atoms with Crippen molar-refractivity contribution >= 4 is 28.7 Å². The molecule has 3 rings (SSSR count). The second-order valence-corrected chi connectivity index (χ2v) is 3.92. The number of oxazole rings is 1. The van der Waals surface area contributed by atoms with Gasteiger partial charge in [-0.3, -0.25) is 0 Å². The summed E-state index contributed by atoms with van der Waals surface area (Å²) >= 11 is 5.87. The van der Waals surface area contributed by atoms with Crippen molar-refractivity contribution < 1.29 is 4.42 Å². The fourth-order valence-corrected chi connectivity index (χ4v) is 1.82. The molecule has 0 N–H and O–H groups in total. The van der Waals surface area contributed by atoms with E-state index in [4.69, 9.17) is 16.0 Å². The lowest BCUT2D eigenvalue weighted by atomic mass is 10.3. The molecular weight excluding hydrogens is 212 g/mol. The summed E-state index contributed by atoms with van der Waals surface area (Å²) < 4.78 is 5.62. The van der Waals surface area contributed by atoms with E-state index in [1.807, 2.05) is 12.1 Å². The first-order valence-electron chi connectivity index (χ1n) is 4.79. The van der Waals surface area contributed by atoms with E-state index in [2.05, 4.69) is 22.0 Å².